The van der Waals surface area contributed by atoms with Gasteiger partial charge in [0.2, 0.25) is 11.8 Å². The van der Waals surface area contributed by atoms with E-state index in [4.69, 9.17) is 4.74 Å². The Morgan fingerprint density at radius 1 is 0.925 bits per heavy atom. The molecule has 2 amide bonds. The number of carbonyl (C=O) groups excluding carboxylic acids is 2. The fourth-order valence-corrected chi connectivity index (χ4v) is 6.03. The molecule has 0 saturated heterocycles. The molecule has 0 aliphatic heterocycles. The van der Waals surface area contributed by atoms with Gasteiger partial charge in [-0.05, 0) is 68.1 Å². The zero-order valence-electron chi connectivity index (χ0n) is 23.8. The molecule has 3 aromatic rings. The van der Waals surface area contributed by atoms with E-state index in [1.165, 1.54) is 17.0 Å². The van der Waals surface area contributed by atoms with Crippen LogP contribution in [0, 0.1) is 0 Å². The highest BCUT2D eigenvalue weighted by molar-refractivity contribution is 7.92. The number of nitrogens with one attached hydrogen (secondary N) is 1. The Labute approximate surface area is 238 Å². The fraction of sp³-hybridized carbons (Fsp3) is 0.355. The third-order valence-corrected chi connectivity index (χ3v) is 8.33. The first-order valence-electron chi connectivity index (χ1n) is 13.5. The number of methoxy groups -OCH3 is 1. The third kappa shape index (κ3) is 7.41. The number of ether oxygens (including phenoxy) is 1. The molecule has 1 N–H and O–H groups in total. The smallest absolute Gasteiger partial charge is 0.264 e. The first-order chi connectivity index (χ1) is 19.1. The quantitative estimate of drug-likeness (QED) is 0.322. The number of nitrogens with zero attached hydrogens (tertiary/aromatic N) is 2. The summed E-state index contributed by atoms with van der Waals surface area (Å²) < 4.78 is 34.5. The van der Waals surface area contributed by atoms with Crippen molar-refractivity contribution in [1.82, 2.24) is 10.2 Å². The largest absolute Gasteiger partial charge is 0.497 e. The van der Waals surface area contributed by atoms with E-state index in [0.717, 1.165) is 15.4 Å². The number of amides is 2. The maximum absolute atomic E-state index is 14.2. The van der Waals surface area contributed by atoms with E-state index in [0.29, 0.717) is 24.3 Å². The van der Waals surface area contributed by atoms with Crippen molar-refractivity contribution in [3.8, 4) is 5.75 Å². The number of rotatable bonds is 13. The molecule has 1 atom stereocenters. The molecule has 0 aromatic heterocycles. The van der Waals surface area contributed by atoms with Gasteiger partial charge in [-0.3, -0.25) is 13.9 Å². The van der Waals surface area contributed by atoms with Crippen molar-refractivity contribution in [2.45, 2.75) is 64.1 Å². The predicted molar refractivity (Wildman–Crippen MR) is 158 cm³/mol. The highest BCUT2D eigenvalue weighted by atomic mass is 32.2. The van der Waals surface area contributed by atoms with Crippen LogP contribution in [-0.4, -0.2) is 50.9 Å². The summed E-state index contributed by atoms with van der Waals surface area (Å²) in [6.45, 7) is 7.12. The normalized spacial score (nSPS) is 12.1. The molecule has 214 valence electrons. The molecule has 0 heterocycles. The van der Waals surface area contributed by atoms with Gasteiger partial charge in [0.15, 0.2) is 0 Å². The lowest BCUT2D eigenvalue weighted by atomic mass is 10.1. The minimum atomic E-state index is -4.11. The molecule has 0 spiro atoms. The molecule has 0 bridgehead atoms. The summed E-state index contributed by atoms with van der Waals surface area (Å²) in [5.74, 6) is -0.158. The lowest BCUT2D eigenvalue weighted by Gasteiger charge is -2.34. The maximum Gasteiger partial charge on any atom is 0.264 e. The standard InChI is InChI=1S/C31H39N3O5S/c1-6-25-15-11-12-19-29(25)34(40(37,38)27-17-9-8-10-18-27)22-30(35)33(28(7-2)31(36)32-23(3)4)21-24-14-13-16-26(20-24)39-5/h8-20,23,28H,6-7,21-22H2,1-5H3,(H,32,36). The van der Waals surface area contributed by atoms with Crippen molar-refractivity contribution in [3.63, 3.8) is 0 Å². The van der Waals surface area contributed by atoms with E-state index < -0.39 is 28.5 Å². The maximum atomic E-state index is 14.2. The van der Waals surface area contributed by atoms with Gasteiger partial charge in [-0.25, -0.2) is 8.42 Å². The molecule has 1 unspecified atom stereocenters. The SMILES string of the molecule is CCc1ccccc1N(CC(=O)N(Cc1cccc(OC)c1)C(CC)C(=O)NC(C)C)S(=O)(=O)c1ccccc1. The summed E-state index contributed by atoms with van der Waals surface area (Å²) >= 11 is 0. The number of carbonyl (C=O) groups is 2. The second kappa shape index (κ2) is 14.0. The fourth-order valence-electron chi connectivity index (χ4n) is 4.55. The molecule has 0 aliphatic rings. The van der Waals surface area contributed by atoms with Crippen molar-refractivity contribution in [3.05, 3.63) is 90.0 Å². The molecule has 0 fully saturated rings. The molecular formula is C31H39N3O5S. The number of para-hydroxylation sites is 1. The second-order valence-corrected chi connectivity index (χ2v) is 11.6. The van der Waals surface area contributed by atoms with E-state index >= 15 is 0 Å². The zero-order valence-corrected chi connectivity index (χ0v) is 24.6. The summed E-state index contributed by atoms with van der Waals surface area (Å²) in [6.07, 6.45) is 0.929. The van der Waals surface area contributed by atoms with E-state index in [1.54, 1.807) is 49.6 Å². The van der Waals surface area contributed by atoms with Gasteiger partial charge >= 0.3 is 0 Å². The van der Waals surface area contributed by atoms with Crippen LogP contribution in [0.1, 0.15) is 45.2 Å². The van der Waals surface area contributed by atoms with Crippen molar-refractivity contribution in [2.75, 3.05) is 18.0 Å². The number of benzene rings is 3. The van der Waals surface area contributed by atoms with Gasteiger partial charge in [0.1, 0.15) is 18.3 Å². The number of anilines is 1. The highest BCUT2D eigenvalue weighted by Gasteiger charge is 2.34. The molecular weight excluding hydrogens is 526 g/mol. The van der Waals surface area contributed by atoms with Crippen molar-refractivity contribution >= 4 is 27.5 Å². The lowest BCUT2D eigenvalue weighted by Crippen LogP contribution is -2.53. The Balaban J connectivity index is 2.10. The Morgan fingerprint density at radius 3 is 2.23 bits per heavy atom. The van der Waals surface area contributed by atoms with Crippen molar-refractivity contribution < 1.29 is 22.7 Å². The molecule has 0 saturated carbocycles. The predicted octanol–water partition coefficient (Wildman–Crippen LogP) is 4.78. The van der Waals surface area contributed by atoms with E-state index in [9.17, 15) is 18.0 Å². The number of sulfonamides is 1. The van der Waals surface area contributed by atoms with Crippen molar-refractivity contribution in [1.29, 1.82) is 0 Å². The number of hydrogen-bond donors (Lipinski definition) is 1. The Morgan fingerprint density at radius 2 is 1.60 bits per heavy atom. The van der Waals surface area contributed by atoms with Gasteiger partial charge in [0.05, 0.1) is 17.7 Å². The average Bonchev–Trinajstić information content (AvgIpc) is 2.95. The highest BCUT2D eigenvalue weighted by Crippen LogP contribution is 2.28. The molecule has 3 aromatic carbocycles. The van der Waals surface area contributed by atoms with Gasteiger partial charge in [0.25, 0.3) is 10.0 Å². The topological polar surface area (TPSA) is 96.0 Å². The molecule has 0 aliphatic carbocycles. The molecule has 0 radical (unpaired) electrons. The summed E-state index contributed by atoms with van der Waals surface area (Å²) in [6, 6.07) is 21.6. The average molecular weight is 566 g/mol. The molecule has 40 heavy (non-hydrogen) atoms. The van der Waals surface area contributed by atoms with Gasteiger partial charge in [-0.2, -0.15) is 0 Å². The van der Waals surface area contributed by atoms with Crippen LogP contribution in [0.5, 0.6) is 5.75 Å². The number of aryl methyl sites for hydroxylation is 1. The zero-order chi connectivity index (χ0) is 29.3. The van der Waals surface area contributed by atoms with Gasteiger partial charge in [0, 0.05) is 12.6 Å². The molecule has 9 heteroatoms. The van der Waals surface area contributed by atoms with Crippen LogP contribution in [-0.2, 0) is 32.6 Å². The minimum Gasteiger partial charge on any atom is -0.497 e. The van der Waals surface area contributed by atoms with E-state index in [1.807, 2.05) is 52.0 Å². The van der Waals surface area contributed by atoms with Crippen LogP contribution in [0.3, 0.4) is 0 Å². The van der Waals surface area contributed by atoms with Gasteiger partial charge in [-0.1, -0.05) is 62.4 Å². The van der Waals surface area contributed by atoms with Crippen LogP contribution in [0.2, 0.25) is 0 Å². The van der Waals surface area contributed by atoms with Crippen molar-refractivity contribution in [2.24, 2.45) is 0 Å². The van der Waals surface area contributed by atoms with E-state index in [2.05, 4.69) is 5.32 Å². The van der Waals surface area contributed by atoms with Gasteiger partial charge in [-0.15, -0.1) is 0 Å². The summed E-state index contributed by atoms with van der Waals surface area (Å²) in [4.78, 5) is 29.0. The monoisotopic (exact) mass is 565 g/mol. The van der Waals surface area contributed by atoms with Crippen LogP contribution >= 0.6 is 0 Å². The third-order valence-electron chi connectivity index (χ3n) is 6.56. The minimum absolute atomic E-state index is 0.0812. The Bertz CT molecular complexity index is 1390. The van der Waals surface area contributed by atoms with Crippen LogP contribution in [0.4, 0.5) is 5.69 Å². The summed E-state index contributed by atoms with van der Waals surface area (Å²) in [5, 5.41) is 2.91. The summed E-state index contributed by atoms with van der Waals surface area (Å²) in [7, 11) is -2.55. The first-order valence-corrected chi connectivity index (χ1v) is 14.9. The lowest BCUT2D eigenvalue weighted by molar-refractivity contribution is -0.140. The van der Waals surface area contributed by atoms with Crippen LogP contribution in [0.25, 0.3) is 0 Å². The second-order valence-electron chi connectivity index (χ2n) is 9.77. The summed E-state index contributed by atoms with van der Waals surface area (Å²) in [5.41, 5.74) is 1.98. The Hall–Kier alpha value is -3.85. The van der Waals surface area contributed by atoms with Gasteiger partial charge < -0.3 is 15.0 Å². The van der Waals surface area contributed by atoms with Crippen LogP contribution < -0.4 is 14.4 Å². The Kier molecular flexibility index (Phi) is 10.7. The van der Waals surface area contributed by atoms with Crippen LogP contribution in [0.15, 0.2) is 83.8 Å². The molecule has 8 nitrogen and oxygen atoms in total. The molecule has 3 rings (SSSR count). The number of hydrogen-bond acceptors (Lipinski definition) is 5. The van der Waals surface area contributed by atoms with E-state index in [-0.39, 0.29) is 23.4 Å². The first kappa shape index (κ1) is 30.7.